The highest BCUT2D eigenvalue weighted by Gasteiger charge is 1.72. The Morgan fingerprint density at radius 1 is 0.923 bits per heavy atom. The van der Waals surface area contributed by atoms with Gasteiger partial charge in [-0.25, -0.2) is 0 Å². The Kier molecular flexibility index (Phi) is 30.8. The van der Waals surface area contributed by atoms with Crippen LogP contribution in [0.25, 0.3) is 0 Å². The van der Waals surface area contributed by atoms with Gasteiger partial charge in [-0.15, -0.1) is 13.2 Å². The van der Waals surface area contributed by atoms with Gasteiger partial charge in [0.05, 0.1) is 0 Å². The normalized spacial score (nSPS) is 5.92. The van der Waals surface area contributed by atoms with Gasteiger partial charge in [0.15, 0.2) is 0 Å². The van der Waals surface area contributed by atoms with E-state index < -0.39 is 0 Å². The van der Waals surface area contributed by atoms with Crippen LogP contribution in [0, 0.1) is 6.92 Å². The molecule has 0 saturated heterocycles. The zero-order valence-electron chi connectivity index (χ0n) is 9.67. The van der Waals surface area contributed by atoms with E-state index >= 15 is 0 Å². The Bertz CT molecular complexity index is 146. The van der Waals surface area contributed by atoms with Gasteiger partial charge in [-0.3, -0.25) is 4.98 Å². The van der Waals surface area contributed by atoms with E-state index in [0.29, 0.717) is 0 Å². The summed E-state index contributed by atoms with van der Waals surface area (Å²) in [6.07, 6.45) is 3.57. The summed E-state index contributed by atoms with van der Waals surface area (Å²) in [7, 11) is 0. The second-order valence-electron chi connectivity index (χ2n) is 1.52. The maximum Gasteiger partial charge on any atom is 0.0270 e. The first kappa shape index (κ1) is 17.8. The van der Waals surface area contributed by atoms with Crippen molar-refractivity contribution in [1.29, 1.82) is 0 Å². The third-order valence-electron chi connectivity index (χ3n) is 0.847. The van der Waals surface area contributed by atoms with Crippen molar-refractivity contribution in [2.45, 2.75) is 34.6 Å². The summed E-state index contributed by atoms with van der Waals surface area (Å²) in [5.41, 5.74) is 1.26. The van der Waals surface area contributed by atoms with Crippen LogP contribution in [-0.4, -0.2) is 4.98 Å². The SMILES string of the molecule is C=C.CC.CC.Cc1ccncc1. The van der Waals surface area contributed by atoms with Gasteiger partial charge in [-0.2, -0.15) is 0 Å². The fraction of sp³-hybridized carbons (Fsp3) is 0.417. The summed E-state index contributed by atoms with van der Waals surface area (Å²) < 4.78 is 0. The standard InChI is InChI=1S/C6H7N.2C2H6.C2H4/c1-6-2-4-7-5-3-6;3*1-2/h2-5H,1H3;2*1-2H3;1-2H2. The van der Waals surface area contributed by atoms with Crippen LogP contribution in [0.2, 0.25) is 0 Å². The van der Waals surface area contributed by atoms with E-state index in [1.165, 1.54) is 5.56 Å². The predicted octanol–water partition coefficient (Wildman–Crippen LogP) is 4.24. The molecule has 0 N–H and O–H groups in total. The van der Waals surface area contributed by atoms with E-state index in [4.69, 9.17) is 0 Å². The van der Waals surface area contributed by atoms with Crippen molar-refractivity contribution in [3.05, 3.63) is 43.2 Å². The lowest BCUT2D eigenvalue weighted by molar-refractivity contribution is 1.29. The minimum Gasteiger partial charge on any atom is -0.265 e. The van der Waals surface area contributed by atoms with Crippen LogP contribution >= 0.6 is 0 Å². The minimum absolute atomic E-state index is 1.26. The molecule has 0 saturated carbocycles. The Labute approximate surface area is 83.5 Å². The van der Waals surface area contributed by atoms with Crippen LogP contribution < -0.4 is 0 Å². The van der Waals surface area contributed by atoms with Crippen LogP contribution in [0.3, 0.4) is 0 Å². The van der Waals surface area contributed by atoms with Gasteiger partial charge in [-0.1, -0.05) is 27.7 Å². The number of pyridine rings is 1. The van der Waals surface area contributed by atoms with Crippen LogP contribution in [0.5, 0.6) is 0 Å². The summed E-state index contributed by atoms with van der Waals surface area (Å²) >= 11 is 0. The van der Waals surface area contributed by atoms with Crippen molar-refractivity contribution < 1.29 is 0 Å². The van der Waals surface area contributed by atoms with Crippen molar-refractivity contribution in [1.82, 2.24) is 4.98 Å². The minimum atomic E-state index is 1.26. The van der Waals surface area contributed by atoms with Crippen molar-refractivity contribution in [2.24, 2.45) is 0 Å². The Balaban J connectivity index is -0.000000144. The lowest BCUT2D eigenvalue weighted by Gasteiger charge is -1.82. The summed E-state index contributed by atoms with van der Waals surface area (Å²) in [6.45, 7) is 16.0. The van der Waals surface area contributed by atoms with E-state index in [-0.39, 0.29) is 0 Å². The zero-order valence-corrected chi connectivity index (χ0v) is 9.67. The molecule has 0 atom stereocenters. The topological polar surface area (TPSA) is 12.9 Å². The van der Waals surface area contributed by atoms with E-state index in [1.807, 2.05) is 46.8 Å². The number of hydrogen-bond donors (Lipinski definition) is 0. The first-order valence-corrected chi connectivity index (χ1v) is 4.76. The molecule has 1 rings (SSSR count). The smallest absolute Gasteiger partial charge is 0.0270 e. The largest absolute Gasteiger partial charge is 0.265 e. The van der Waals surface area contributed by atoms with Gasteiger partial charge in [-0.05, 0) is 24.6 Å². The molecule has 0 spiro atoms. The molecular formula is C12H23N. The molecule has 0 unspecified atom stereocenters. The van der Waals surface area contributed by atoms with E-state index in [9.17, 15) is 0 Å². The zero-order chi connectivity index (χ0) is 11.1. The fourth-order valence-electron chi connectivity index (χ4n) is 0.426. The third kappa shape index (κ3) is 18.1. The average molecular weight is 181 g/mol. The fourth-order valence-corrected chi connectivity index (χ4v) is 0.426. The molecule has 1 aromatic heterocycles. The maximum atomic E-state index is 3.85. The number of nitrogens with zero attached hydrogens (tertiary/aromatic N) is 1. The summed E-state index contributed by atoms with van der Waals surface area (Å²) in [5.74, 6) is 0. The molecule has 0 amide bonds. The molecule has 0 aliphatic carbocycles. The molecule has 0 aliphatic heterocycles. The van der Waals surface area contributed by atoms with Gasteiger partial charge in [0.1, 0.15) is 0 Å². The first-order valence-electron chi connectivity index (χ1n) is 4.76. The van der Waals surface area contributed by atoms with Gasteiger partial charge >= 0.3 is 0 Å². The first-order chi connectivity index (χ1) is 6.39. The predicted molar refractivity (Wildman–Crippen MR) is 62.9 cm³/mol. The molecule has 76 valence electrons. The molecule has 0 aromatic carbocycles. The van der Waals surface area contributed by atoms with Gasteiger partial charge < -0.3 is 0 Å². The van der Waals surface area contributed by atoms with Crippen molar-refractivity contribution in [2.75, 3.05) is 0 Å². The highest BCUT2D eigenvalue weighted by molar-refractivity contribution is 5.05. The molecule has 1 nitrogen and oxygen atoms in total. The Hall–Kier alpha value is -1.11. The van der Waals surface area contributed by atoms with Crippen molar-refractivity contribution >= 4 is 0 Å². The quantitative estimate of drug-likeness (QED) is 0.545. The third-order valence-corrected chi connectivity index (χ3v) is 0.847. The highest BCUT2D eigenvalue weighted by atomic mass is 14.6. The van der Waals surface area contributed by atoms with E-state index in [1.54, 1.807) is 12.4 Å². The molecular weight excluding hydrogens is 158 g/mol. The van der Waals surface area contributed by atoms with Crippen LogP contribution in [0.4, 0.5) is 0 Å². The maximum absolute atomic E-state index is 3.85. The second kappa shape index (κ2) is 22.4. The Morgan fingerprint density at radius 2 is 1.23 bits per heavy atom. The number of hydrogen-bond acceptors (Lipinski definition) is 1. The number of rotatable bonds is 0. The molecule has 1 aromatic rings. The molecule has 0 aliphatic rings. The molecule has 1 heterocycles. The second-order valence-corrected chi connectivity index (χ2v) is 1.52. The molecule has 0 fully saturated rings. The highest BCUT2D eigenvalue weighted by Crippen LogP contribution is 1.88. The van der Waals surface area contributed by atoms with Gasteiger partial charge in [0.2, 0.25) is 0 Å². The van der Waals surface area contributed by atoms with Crippen molar-refractivity contribution in [3.63, 3.8) is 0 Å². The monoisotopic (exact) mass is 181 g/mol. The van der Waals surface area contributed by atoms with E-state index in [2.05, 4.69) is 18.1 Å². The summed E-state index contributed by atoms with van der Waals surface area (Å²) in [4.78, 5) is 3.85. The summed E-state index contributed by atoms with van der Waals surface area (Å²) in [5, 5.41) is 0. The van der Waals surface area contributed by atoms with Crippen molar-refractivity contribution in [3.8, 4) is 0 Å². The average Bonchev–Trinajstić information content (AvgIpc) is 2.28. The summed E-state index contributed by atoms with van der Waals surface area (Å²) in [6, 6.07) is 3.94. The van der Waals surface area contributed by atoms with Crippen LogP contribution in [0.15, 0.2) is 37.7 Å². The molecule has 0 radical (unpaired) electrons. The number of aromatic nitrogens is 1. The Morgan fingerprint density at radius 3 is 1.38 bits per heavy atom. The molecule has 13 heavy (non-hydrogen) atoms. The van der Waals surface area contributed by atoms with Crippen LogP contribution in [-0.2, 0) is 0 Å². The van der Waals surface area contributed by atoms with E-state index in [0.717, 1.165) is 0 Å². The number of aryl methyl sites for hydroxylation is 1. The van der Waals surface area contributed by atoms with Gasteiger partial charge in [0.25, 0.3) is 0 Å². The molecule has 0 bridgehead atoms. The lowest BCUT2D eigenvalue weighted by Crippen LogP contribution is -1.68. The van der Waals surface area contributed by atoms with Crippen LogP contribution in [0.1, 0.15) is 33.3 Å². The van der Waals surface area contributed by atoms with Gasteiger partial charge in [0, 0.05) is 12.4 Å². The molecule has 1 heteroatoms. The lowest BCUT2D eigenvalue weighted by atomic mass is 10.3.